The Hall–Kier alpha value is -2.67. The van der Waals surface area contributed by atoms with Crippen molar-refractivity contribution in [1.82, 2.24) is 14.9 Å². The molecule has 0 saturated carbocycles. The van der Waals surface area contributed by atoms with Gasteiger partial charge < -0.3 is 9.88 Å². The first-order chi connectivity index (χ1) is 13.5. The first-order valence-corrected chi connectivity index (χ1v) is 11.3. The number of carbonyl (C=O) groups excluding carboxylic acids is 1. The quantitative estimate of drug-likeness (QED) is 0.692. The van der Waals surface area contributed by atoms with E-state index >= 15 is 0 Å². The fraction of sp³-hybridized carbons (Fsp3) is 0.333. The van der Waals surface area contributed by atoms with E-state index in [9.17, 15) is 13.2 Å². The molecule has 3 aromatic rings. The van der Waals surface area contributed by atoms with Gasteiger partial charge in [0.25, 0.3) is 0 Å². The highest BCUT2D eigenvalue weighted by molar-refractivity contribution is 7.91. The molecule has 0 spiro atoms. The van der Waals surface area contributed by atoms with Crippen LogP contribution in [0, 0.1) is 5.92 Å². The highest BCUT2D eigenvalue weighted by atomic mass is 32.2. The molecular formula is C21H23N3O3S. The number of sulfone groups is 1. The molecule has 6 nitrogen and oxygen atoms in total. The summed E-state index contributed by atoms with van der Waals surface area (Å²) in [6.45, 7) is 0.644. The summed E-state index contributed by atoms with van der Waals surface area (Å²) in [5.74, 6) is 1.20. The van der Waals surface area contributed by atoms with Crippen LogP contribution in [0.3, 0.4) is 0 Å². The minimum atomic E-state index is -2.94. The Kier molecular flexibility index (Phi) is 5.17. The zero-order valence-electron chi connectivity index (χ0n) is 15.5. The zero-order valence-corrected chi connectivity index (χ0v) is 16.4. The topological polar surface area (TPSA) is 81.1 Å². The number of imidazole rings is 1. The van der Waals surface area contributed by atoms with Crippen LogP contribution in [0.15, 0.2) is 54.6 Å². The molecule has 0 aliphatic carbocycles. The molecule has 1 aromatic heterocycles. The number of hydrogen-bond donors (Lipinski definition) is 1. The second kappa shape index (κ2) is 7.75. The van der Waals surface area contributed by atoms with E-state index < -0.39 is 9.84 Å². The van der Waals surface area contributed by atoms with E-state index in [1.54, 1.807) is 0 Å². The van der Waals surface area contributed by atoms with E-state index in [0.29, 0.717) is 19.4 Å². The lowest BCUT2D eigenvalue weighted by Gasteiger charge is -2.12. The summed E-state index contributed by atoms with van der Waals surface area (Å²) >= 11 is 0. The third kappa shape index (κ3) is 4.25. The van der Waals surface area contributed by atoms with Crippen LogP contribution in [0.2, 0.25) is 0 Å². The van der Waals surface area contributed by atoms with Crippen molar-refractivity contribution < 1.29 is 13.2 Å². The molecular weight excluding hydrogens is 374 g/mol. The number of nitrogens with zero attached hydrogens (tertiary/aromatic N) is 2. The van der Waals surface area contributed by atoms with Crippen molar-refractivity contribution in [2.24, 2.45) is 5.92 Å². The van der Waals surface area contributed by atoms with Crippen molar-refractivity contribution in [3.05, 3.63) is 66.0 Å². The first-order valence-electron chi connectivity index (χ1n) is 9.45. The summed E-state index contributed by atoms with van der Waals surface area (Å²) in [5.41, 5.74) is 2.77. The van der Waals surface area contributed by atoms with Gasteiger partial charge in [-0.05, 0) is 30.0 Å². The molecule has 1 atom stereocenters. The fourth-order valence-corrected chi connectivity index (χ4v) is 5.61. The van der Waals surface area contributed by atoms with Crippen LogP contribution < -0.4 is 5.32 Å². The van der Waals surface area contributed by atoms with Crippen molar-refractivity contribution in [1.29, 1.82) is 0 Å². The standard InChI is InChI=1S/C21H23N3O3S/c25-21(22-13-16-6-2-1-3-7-16)14-24-19-9-5-4-8-18(19)23-20(24)12-17-10-11-28(26,27)15-17/h1-9,17H,10-15H2,(H,22,25)/t17-/m1/s1. The van der Waals surface area contributed by atoms with Crippen LogP contribution in [0.4, 0.5) is 0 Å². The molecule has 2 aromatic carbocycles. The Morgan fingerprint density at radius 3 is 2.61 bits per heavy atom. The number of rotatable bonds is 6. The Labute approximate surface area is 164 Å². The normalized spacial score (nSPS) is 18.4. The predicted octanol–water partition coefficient (Wildman–Crippen LogP) is 2.33. The van der Waals surface area contributed by atoms with Crippen LogP contribution in [0.5, 0.6) is 0 Å². The molecule has 4 rings (SSSR count). The summed E-state index contributed by atoms with van der Waals surface area (Å²) in [7, 11) is -2.94. The number of amides is 1. The molecule has 146 valence electrons. The van der Waals surface area contributed by atoms with Crippen molar-refractivity contribution in [2.45, 2.75) is 25.9 Å². The highest BCUT2D eigenvalue weighted by Gasteiger charge is 2.29. The molecule has 1 amide bonds. The van der Waals surface area contributed by atoms with Gasteiger partial charge >= 0.3 is 0 Å². The number of fused-ring (bicyclic) bond motifs is 1. The van der Waals surface area contributed by atoms with Gasteiger partial charge in [-0.2, -0.15) is 0 Å². The Morgan fingerprint density at radius 2 is 1.86 bits per heavy atom. The van der Waals surface area contributed by atoms with Crippen LogP contribution in [0.1, 0.15) is 17.8 Å². The van der Waals surface area contributed by atoms with Gasteiger partial charge in [0, 0.05) is 13.0 Å². The Morgan fingerprint density at radius 1 is 1.11 bits per heavy atom. The lowest BCUT2D eigenvalue weighted by atomic mass is 10.1. The molecule has 28 heavy (non-hydrogen) atoms. The second-order valence-corrected chi connectivity index (χ2v) is 9.57. The lowest BCUT2D eigenvalue weighted by Crippen LogP contribution is -2.28. The van der Waals surface area contributed by atoms with Gasteiger partial charge in [0.2, 0.25) is 5.91 Å². The maximum Gasteiger partial charge on any atom is 0.240 e. The van der Waals surface area contributed by atoms with Gasteiger partial charge in [0.15, 0.2) is 9.84 Å². The average Bonchev–Trinajstić information content (AvgIpc) is 3.20. The van der Waals surface area contributed by atoms with Gasteiger partial charge in [-0.15, -0.1) is 0 Å². The molecule has 0 bridgehead atoms. The maximum atomic E-state index is 12.6. The highest BCUT2D eigenvalue weighted by Crippen LogP contribution is 2.24. The molecule has 0 radical (unpaired) electrons. The van der Waals surface area contributed by atoms with Gasteiger partial charge in [-0.1, -0.05) is 42.5 Å². The van der Waals surface area contributed by atoms with Crippen molar-refractivity contribution >= 4 is 26.8 Å². The van der Waals surface area contributed by atoms with Crippen molar-refractivity contribution in [2.75, 3.05) is 11.5 Å². The van der Waals surface area contributed by atoms with Crippen LogP contribution in [0.25, 0.3) is 11.0 Å². The monoisotopic (exact) mass is 397 g/mol. The van der Waals surface area contributed by atoms with Crippen LogP contribution in [-0.2, 0) is 34.1 Å². The average molecular weight is 398 g/mol. The number of carbonyl (C=O) groups is 1. The second-order valence-electron chi connectivity index (χ2n) is 7.34. The van der Waals surface area contributed by atoms with Crippen molar-refractivity contribution in [3.8, 4) is 0 Å². The Balaban J connectivity index is 1.52. The minimum absolute atomic E-state index is 0.0629. The van der Waals surface area contributed by atoms with E-state index in [4.69, 9.17) is 0 Å². The van der Waals surface area contributed by atoms with Gasteiger partial charge in [-0.3, -0.25) is 4.79 Å². The predicted molar refractivity (Wildman–Crippen MR) is 108 cm³/mol. The van der Waals surface area contributed by atoms with E-state index in [1.807, 2.05) is 59.2 Å². The summed E-state index contributed by atoms with van der Waals surface area (Å²) < 4.78 is 25.5. The SMILES string of the molecule is O=C(Cn1c(C[C@H]2CCS(=O)(=O)C2)nc2ccccc21)NCc1ccccc1. The van der Waals surface area contributed by atoms with E-state index in [1.165, 1.54) is 0 Å². The minimum Gasteiger partial charge on any atom is -0.350 e. The number of hydrogen-bond acceptors (Lipinski definition) is 4. The third-order valence-electron chi connectivity index (χ3n) is 5.17. The molecule has 1 N–H and O–H groups in total. The fourth-order valence-electron chi connectivity index (χ4n) is 3.74. The van der Waals surface area contributed by atoms with E-state index in [0.717, 1.165) is 22.4 Å². The van der Waals surface area contributed by atoms with E-state index in [-0.39, 0.29) is 29.9 Å². The van der Waals surface area contributed by atoms with Gasteiger partial charge in [0.05, 0.1) is 22.5 Å². The van der Waals surface area contributed by atoms with E-state index in [2.05, 4.69) is 10.3 Å². The first kappa shape index (κ1) is 18.7. The smallest absolute Gasteiger partial charge is 0.240 e. The summed E-state index contributed by atoms with van der Waals surface area (Å²) in [4.78, 5) is 17.2. The zero-order chi connectivity index (χ0) is 19.6. The summed E-state index contributed by atoms with van der Waals surface area (Å²) in [6.07, 6.45) is 1.23. The molecule has 2 heterocycles. The van der Waals surface area contributed by atoms with Crippen LogP contribution >= 0.6 is 0 Å². The number of benzene rings is 2. The Bertz CT molecular complexity index is 1090. The summed E-state index contributed by atoms with van der Waals surface area (Å²) in [6, 6.07) is 17.5. The molecule has 1 aliphatic heterocycles. The lowest BCUT2D eigenvalue weighted by molar-refractivity contribution is -0.121. The van der Waals surface area contributed by atoms with Crippen molar-refractivity contribution in [3.63, 3.8) is 0 Å². The number of nitrogens with one attached hydrogen (secondary N) is 1. The molecule has 1 saturated heterocycles. The van der Waals surface area contributed by atoms with Gasteiger partial charge in [0.1, 0.15) is 12.4 Å². The van der Waals surface area contributed by atoms with Gasteiger partial charge in [-0.25, -0.2) is 13.4 Å². The largest absolute Gasteiger partial charge is 0.350 e. The maximum absolute atomic E-state index is 12.6. The molecule has 1 fully saturated rings. The molecule has 7 heteroatoms. The summed E-state index contributed by atoms with van der Waals surface area (Å²) in [5, 5.41) is 2.95. The number of aromatic nitrogens is 2. The number of para-hydroxylation sites is 2. The van der Waals surface area contributed by atoms with Crippen LogP contribution in [-0.4, -0.2) is 35.4 Å². The molecule has 1 aliphatic rings. The third-order valence-corrected chi connectivity index (χ3v) is 7.00. The molecule has 0 unspecified atom stereocenters.